The van der Waals surface area contributed by atoms with Crippen LogP contribution in [-0.4, -0.2) is 43.3 Å². The lowest BCUT2D eigenvalue weighted by atomic mass is 9.80. The Morgan fingerprint density at radius 1 is 1.39 bits per heavy atom. The third kappa shape index (κ3) is 5.39. The number of thioether (sulfide) groups is 1. The van der Waals surface area contributed by atoms with Crippen molar-refractivity contribution in [1.29, 1.82) is 0 Å². The minimum Gasteiger partial charge on any atom is -0.423 e. The van der Waals surface area contributed by atoms with Crippen molar-refractivity contribution in [3.05, 3.63) is 29.6 Å². The summed E-state index contributed by atoms with van der Waals surface area (Å²) < 4.78 is 35.3. The predicted octanol–water partition coefficient (Wildman–Crippen LogP) is -0.217. The smallest absolute Gasteiger partial charge is 0.423 e. The Kier molecular flexibility index (Phi) is 5.64. The molecule has 0 amide bonds. The Hall–Kier alpha value is -0.565. The third-order valence-electron chi connectivity index (χ3n) is 2.23. The van der Waals surface area contributed by atoms with Gasteiger partial charge in [0.25, 0.3) is 0 Å². The molecule has 1 aromatic rings. The second-order valence-corrected chi connectivity index (χ2v) is 7.27. The van der Waals surface area contributed by atoms with E-state index in [1.54, 1.807) is 0 Å². The van der Waals surface area contributed by atoms with Gasteiger partial charge in [0.15, 0.2) is 0 Å². The molecule has 18 heavy (non-hydrogen) atoms. The van der Waals surface area contributed by atoms with Crippen molar-refractivity contribution in [3.8, 4) is 0 Å². The van der Waals surface area contributed by atoms with Crippen LogP contribution in [0.2, 0.25) is 0 Å². The Balaban J connectivity index is 2.53. The number of hydrogen-bond donors (Lipinski definition) is 2. The van der Waals surface area contributed by atoms with Gasteiger partial charge in [-0.05, 0) is 17.1 Å². The van der Waals surface area contributed by atoms with E-state index in [1.807, 2.05) is 0 Å². The summed E-state index contributed by atoms with van der Waals surface area (Å²) in [6.45, 7) is 0. The fraction of sp³-hybridized carbons (Fsp3) is 0.400. The molecule has 0 aliphatic heterocycles. The van der Waals surface area contributed by atoms with E-state index in [4.69, 9.17) is 10.0 Å². The Bertz CT molecular complexity index is 505. The molecule has 4 nitrogen and oxygen atoms in total. The molecule has 0 aromatic heterocycles. The van der Waals surface area contributed by atoms with Gasteiger partial charge in [0, 0.05) is 17.8 Å². The van der Waals surface area contributed by atoms with Gasteiger partial charge in [-0.2, -0.15) is 11.8 Å². The molecule has 0 aliphatic rings. The molecule has 0 bridgehead atoms. The van der Waals surface area contributed by atoms with Crippen LogP contribution >= 0.6 is 11.8 Å². The van der Waals surface area contributed by atoms with E-state index >= 15 is 0 Å². The molecule has 0 radical (unpaired) electrons. The maximum atomic E-state index is 13.5. The first kappa shape index (κ1) is 15.5. The number of hydrogen-bond acceptors (Lipinski definition) is 5. The molecule has 2 N–H and O–H groups in total. The topological polar surface area (TPSA) is 74.6 Å². The minimum atomic E-state index is -2.99. The number of benzene rings is 1. The summed E-state index contributed by atoms with van der Waals surface area (Å²) in [5.74, 6) is 0.297. The maximum absolute atomic E-state index is 13.5. The molecule has 0 aliphatic carbocycles. The van der Waals surface area contributed by atoms with E-state index in [1.165, 1.54) is 23.9 Å². The molecular formula is C10H14BFO4S2. The fourth-order valence-corrected chi connectivity index (χ4v) is 3.51. The van der Waals surface area contributed by atoms with E-state index < -0.39 is 22.8 Å². The average Bonchev–Trinajstić information content (AvgIpc) is 2.24. The van der Waals surface area contributed by atoms with Crippen LogP contribution in [0, 0.1) is 5.82 Å². The average molecular weight is 292 g/mol. The largest absolute Gasteiger partial charge is 0.488 e. The zero-order valence-corrected chi connectivity index (χ0v) is 11.5. The molecular weight excluding hydrogens is 278 g/mol. The standard InChI is InChI=1S/C10H14BFO4S2/c1-18(15,16)5-4-17-7-8-2-3-9(11(13)14)6-10(8)12/h2-3,6,13-14H,4-5,7H2,1H3. The molecule has 0 saturated carbocycles. The monoisotopic (exact) mass is 292 g/mol. The maximum Gasteiger partial charge on any atom is 0.488 e. The third-order valence-corrected chi connectivity index (χ3v) is 4.44. The van der Waals surface area contributed by atoms with Crippen molar-refractivity contribution < 1.29 is 22.9 Å². The highest BCUT2D eigenvalue weighted by atomic mass is 32.2. The molecule has 0 unspecified atom stereocenters. The van der Waals surface area contributed by atoms with Gasteiger partial charge in [-0.15, -0.1) is 0 Å². The van der Waals surface area contributed by atoms with Crippen LogP contribution in [0.15, 0.2) is 18.2 Å². The van der Waals surface area contributed by atoms with Crippen molar-refractivity contribution in [2.24, 2.45) is 0 Å². The summed E-state index contributed by atoms with van der Waals surface area (Å²) in [7, 11) is -4.68. The van der Waals surface area contributed by atoms with Crippen LogP contribution in [-0.2, 0) is 15.6 Å². The highest BCUT2D eigenvalue weighted by molar-refractivity contribution is 7.99. The molecule has 0 spiro atoms. The molecule has 100 valence electrons. The van der Waals surface area contributed by atoms with Crippen molar-refractivity contribution in [3.63, 3.8) is 0 Å². The van der Waals surface area contributed by atoms with Crippen LogP contribution in [0.4, 0.5) is 4.39 Å². The zero-order chi connectivity index (χ0) is 13.8. The molecule has 8 heteroatoms. The van der Waals surface area contributed by atoms with E-state index in [2.05, 4.69) is 0 Å². The molecule has 0 saturated heterocycles. The fourth-order valence-electron chi connectivity index (χ4n) is 1.23. The van der Waals surface area contributed by atoms with E-state index in [9.17, 15) is 12.8 Å². The summed E-state index contributed by atoms with van der Waals surface area (Å²) in [5, 5.41) is 17.7. The van der Waals surface area contributed by atoms with Gasteiger partial charge in [0.05, 0.1) is 5.75 Å². The predicted molar refractivity (Wildman–Crippen MR) is 72.1 cm³/mol. The van der Waals surface area contributed by atoms with Crippen molar-refractivity contribution in [2.45, 2.75) is 5.75 Å². The number of halogens is 1. The van der Waals surface area contributed by atoms with Crippen LogP contribution in [0.1, 0.15) is 5.56 Å². The second-order valence-electron chi connectivity index (χ2n) is 3.91. The van der Waals surface area contributed by atoms with Gasteiger partial charge >= 0.3 is 7.12 Å². The first-order valence-electron chi connectivity index (χ1n) is 5.19. The quantitative estimate of drug-likeness (QED) is 0.560. The highest BCUT2D eigenvalue weighted by Crippen LogP contribution is 2.15. The lowest BCUT2D eigenvalue weighted by Crippen LogP contribution is -2.30. The van der Waals surface area contributed by atoms with Crippen LogP contribution < -0.4 is 5.46 Å². The van der Waals surface area contributed by atoms with E-state index in [0.29, 0.717) is 17.1 Å². The first-order chi connectivity index (χ1) is 8.29. The summed E-state index contributed by atoms with van der Waals surface area (Å²) in [6, 6.07) is 3.97. The highest BCUT2D eigenvalue weighted by Gasteiger charge is 2.13. The first-order valence-corrected chi connectivity index (χ1v) is 8.41. The normalized spacial score (nSPS) is 11.6. The SMILES string of the molecule is CS(=O)(=O)CCSCc1ccc(B(O)O)cc1F. The lowest BCUT2D eigenvalue weighted by Gasteiger charge is -2.05. The summed E-state index contributed by atoms with van der Waals surface area (Å²) in [6.07, 6.45) is 1.16. The van der Waals surface area contributed by atoms with Gasteiger partial charge in [-0.1, -0.05) is 12.1 Å². The van der Waals surface area contributed by atoms with E-state index in [0.717, 1.165) is 12.3 Å². The Morgan fingerprint density at radius 3 is 2.56 bits per heavy atom. The minimum absolute atomic E-state index is 0.0622. The van der Waals surface area contributed by atoms with Crippen molar-refractivity contribution >= 4 is 34.2 Å². The van der Waals surface area contributed by atoms with Crippen molar-refractivity contribution in [2.75, 3.05) is 17.8 Å². The van der Waals surface area contributed by atoms with Gasteiger partial charge in [-0.3, -0.25) is 0 Å². The molecule has 0 fully saturated rings. The lowest BCUT2D eigenvalue weighted by molar-refractivity contribution is 0.425. The number of sulfone groups is 1. The second kappa shape index (κ2) is 6.56. The molecule has 0 heterocycles. The molecule has 1 aromatic carbocycles. The molecule has 0 atom stereocenters. The zero-order valence-electron chi connectivity index (χ0n) is 9.84. The summed E-state index contributed by atoms with van der Waals surface area (Å²) in [4.78, 5) is 0. The van der Waals surface area contributed by atoms with Gasteiger partial charge < -0.3 is 10.0 Å². The number of rotatable bonds is 6. The van der Waals surface area contributed by atoms with Crippen LogP contribution in [0.25, 0.3) is 0 Å². The van der Waals surface area contributed by atoms with Crippen LogP contribution in [0.3, 0.4) is 0 Å². The van der Waals surface area contributed by atoms with Gasteiger partial charge in [0.2, 0.25) is 0 Å². The van der Waals surface area contributed by atoms with Gasteiger partial charge in [-0.25, -0.2) is 12.8 Å². The van der Waals surface area contributed by atoms with Crippen LogP contribution in [0.5, 0.6) is 0 Å². The van der Waals surface area contributed by atoms with E-state index in [-0.39, 0.29) is 11.2 Å². The summed E-state index contributed by atoms with van der Waals surface area (Å²) >= 11 is 1.32. The Morgan fingerprint density at radius 2 is 2.06 bits per heavy atom. The van der Waals surface area contributed by atoms with Crippen molar-refractivity contribution in [1.82, 2.24) is 0 Å². The molecule has 1 rings (SSSR count). The summed E-state index contributed by atoms with van der Waals surface area (Å²) in [5.41, 5.74) is 0.510. The van der Waals surface area contributed by atoms with Gasteiger partial charge in [0.1, 0.15) is 15.7 Å². The Labute approximate surface area is 110 Å².